The van der Waals surface area contributed by atoms with Crippen LogP contribution in [-0.2, 0) is 0 Å². The van der Waals surface area contributed by atoms with Crippen molar-refractivity contribution in [2.45, 2.75) is 0 Å². The molecule has 0 aliphatic carbocycles. The van der Waals surface area contributed by atoms with Crippen LogP contribution >= 0.6 is 0 Å². The molecule has 98 valence electrons. The van der Waals surface area contributed by atoms with E-state index < -0.39 is 23.6 Å². The zero-order valence-corrected chi connectivity index (χ0v) is 9.77. The van der Waals surface area contributed by atoms with Gasteiger partial charge in [-0.1, -0.05) is 12.1 Å². The second kappa shape index (κ2) is 5.32. The fraction of sp³-hybridized carbons (Fsp3) is 0.0833. The topological polar surface area (TPSA) is 115 Å². The van der Waals surface area contributed by atoms with Gasteiger partial charge in [0.1, 0.15) is 12.4 Å². The third kappa shape index (κ3) is 3.17. The Kier molecular flexibility index (Phi) is 3.58. The van der Waals surface area contributed by atoms with Gasteiger partial charge in [-0.05, 0) is 12.1 Å². The Balaban J connectivity index is 2.30. The van der Waals surface area contributed by atoms with Gasteiger partial charge in [0.2, 0.25) is 0 Å². The van der Waals surface area contributed by atoms with Crippen LogP contribution in [0.4, 0.5) is 11.5 Å². The Bertz CT molecular complexity index is 689. The molecule has 7 nitrogen and oxygen atoms in total. The van der Waals surface area contributed by atoms with Gasteiger partial charge < -0.3 is 10.4 Å². The molecule has 0 aliphatic heterocycles. The molecule has 0 spiro atoms. The SMILES string of the molecule is O=C(CO)c1cccc(Nc2cc(=O)[nH]c(=O)[nH]2)c1. The summed E-state index contributed by atoms with van der Waals surface area (Å²) >= 11 is 0. The first-order valence-electron chi connectivity index (χ1n) is 5.43. The lowest BCUT2D eigenvalue weighted by molar-refractivity contribution is 0.0904. The first-order chi connectivity index (χ1) is 9.08. The van der Waals surface area contributed by atoms with Crippen LogP contribution in [0.15, 0.2) is 39.9 Å². The largest absolute Gasteiger partial charge is 0.388 e. The predicted molar refractivity (Wildman–Crippen MR) is 68.8 cm³/mol. The lowest BCUT2D eigenvalue weighted by Crippen LogP contribution is -2.22. The summed E-state index contributed by atoms with van der Waals surface area (Å²) < 4.78 is 0. The van der Waals surface area contributed by atoms with Crippen LogP contribution in [-0.4, -0.2) is 27.5 Å². The Labute approximate surface area is 106 Å². The molecule has 0 fully saturated rings. The van der Waals surface area contributed by atoms with Crippen LogP contribution in [0.5, 0.6) is 0 Å². The van der Waals surface area contributed by atoms with E-state index in [4.69, 9.17) is 5.11 Å². The summed E-state index contributed by atoms with van der Waals surface area (Å²) in [4.78, 5) is 38.0. The number of hydrogen-bond acceptors (Lipinski definition) is 5. The number of aromatic nitrogens is 2. The number of carbonyl (C=O) groups is 1. The highest BCUT2D eigenvalue weighted by Gasteiger charge is 2.05. The number of benzene rings is 1. The molecule has 2 rings (SSSR count). The van der Waals surface area contributed by atoms with Gasteiger partial charge in [-0.25, -0.2) is 4.79 Å². The summed E-state index contributed by atoms with van der Waals surface area (Å²) in [6.45, 7) is -0.578. The van der Waals surface area contributed by atoms with E-state index >= 15 is 0 Å². The quantitative estimate of drug-likeness (QED) is 0.577. The van der Waals surface area contributed by atoms with Gasteiger partial charge in [-0.2, -0.15) is 0 Å². The molecule has 0 radical (unpaired) electrons. The number of nitrogens with one attached hydrogen (secondary N) is 3. The lowest BCUT2D eigenvalue weighted by Gasteiger charge is -2.06. The monoisotopic (exact) mass is 261 g/mol. The number of carbonyl (C=O) groups excluding carboxylic acids is 1. The number of hydrogen-bond donors (Lipinski definition) is 4. The van der Waals surface area contributed by atoms with E-state index in [-0.39, 0.29) is 5.82 Å². The van der Waals surface area contributed by atoms with E-state index in [1.54, 1.807) is 18.2 Å². The smallest absolute Gasteiger partial charge is 0.327 e. The molecule has 1 heterocycles. The molecule has 0 amide bonds. The number of rotatable bonds is 4. The van der Waals surface area contributed by atoms with Crippen molar-refractivity contribution < 1.29 is 9.90 Å². The molecule has 7 heteroatoms. The van der Waals surface area contributed by atoms with Crippen molar-refractivity contribution in [1.82, 2.24) is 9.97 Å². The number of aliphatic hydroxyl groups is 1. The zero-order chi connectivity index (χ0) is 13.8. The van der Waals surface area contributed by atoms with E-state index in [9.17, 15) is 14.4 Å². The van der Waals surface area contributed by atoms with Crippen molar-refractivity contribution >= 4 is 17.3 Å². The number of anilines is 2. The first-order valence-corrected chi connectivity index (χ1v) is 5.43. The van der Waals surface area contributed by atoms with Gasteiger partial charge >= 0.3 is 5.69 Å². The normalized spacial score (nSPS) is 10.2. The number of Topliss-reactive ketones (excluding diaryl/α,β-unsaturated/α-hetero) is 1. The Morgan fingerprint density at radius 1 is 1.21 bits per heavy atom. The maximum absolute atomic E-state index is 11.3. The van der Waals surface area contributed by atoms with E-state index in [2.05, 4.69) is 10.3 Å². The molecule has 0 bridgehead atoms. The molecule has 19 heavy (non-hydrogen) atoms. The van der Waals surface area contributed by atoms with Crippen molar-refractivity contribution in [1.29, 1.82) is 0 Å². The van der Waals surface area contributed by atoms with Gasteiger partial charge in [0, 0.05) is 17.3 Å². The predicted octanol–water partition coefficient (Wildman–Crippen LogP) is -0.0182. The molecule has 1 aromatic heterocycles. The van der Waals surface area contributed by atoms with Gasteiger partial charge in [0.25, 0.3) is 5.56 Å². The lowest BCUT2D eigenvalue weighted by atomic mass is 10.1. The number of aromatic amines is 2. The Morgan fingerprint density at radius 3 is 2.68 bits per heavy atom. The third-order valence-corrected chi connectivity index (χ3v) is 2.37. The average molecular weight is 261 g/mol. The van der Waals surface area contributed by atoms with Gasteiger partial charge in [-0.3, -0.25) is 19.6 Å². The van der Waals surface area contributed by atoms with E-state index in [1.807, 2.05) is 4.98 Å². The van der Waals surface area contributed by atoms with E-state index in [0.29, 0.717) is 11.3 Å². The minimum absolute atomic E-state index is 0.211. The van der Waals surface area contributed by atoms with Crippen LogP contribution < -0.4 is 16.6 Å². The van der Waals surface area contributed by atoms with Crippen LogP contribution in [0.25, 0.3) is 0 Å². The van der Waals surface area contributed by atoms with Crippen LogP contribution in [0.1, 0.15) is 10.4 Å². The van der Waals surface area contributed by atoms with Crippen molar-refractivity contribution in [2.24, 2.45) is 0 Å². The van der Waals surface area contributed by atoms with Crippen LogP contribution in [0, 0.1) is 0 Å². The molecule has 4 N–H and O–H groups in total. The molecule has 0 unspecified atom stereocenters. The number of aliphatic hydroxyl groups excluding tert-OH is 1. The third-order valence-electron chi connectivity index (χ3n) is 2.37. The Morgan fingerprint density at radius 2 is 2.00 bits per heavy atom. The second-order valence-electron chi connectivity index (χ2n) is 3.79. The Hall–Kier alpha value is -2.67. The molecular weight excluding hydrogens is 250 g/mol. The standard InChI is InChI=1S/C12H11N3O4/c16-6-9(17)7-2-1-3-8(4-7)13-10-5-11(18)15-12(19)14-10/h1-5,16H,6H2,(H3,13,14,15,18,19). The van der Waals surface area contributed by atoms with Gasteiger partial charge in [0.15, 0.2) is 5.78 Å². The minimum Gasteiger partial charge on any atom is -0.388 e. The summed E-state index contributed by atoms with van der Waals surface area (Å²) in [6.07, 6.45) is 0. The van der Waals surface area contributed by atoms with Crippen LogP contribution in [0.2, 0.25) is 0 Å². The van der Waals surface area contributed by atoms with Crippen molar-refractivity contribution in [3.63, 3.8) is 0 Å². The number of H-pyrrole nitrogens is 2. The fourth-order valence-electron chi connectivity index (χ4n) is 1.55. The maximum Gasteiger partial charge on any atom is 0.327 e. The zero-order valence-electron chi connectivity index (χ0n) is 9.77. The summed E-state index contributed by atoms with van der Waals surface area (Å²) in [7, 11) is 0. The highest BCUT2D eigenvalue weighted by Crippen LogP contribution is 2.14. The molecule has 1 aromatic carbocycles. The first kappa shape index (κ1) is 12.8. The summed E-state index contributed by atoms with van der Waals surface area (Å²) in [5, 5.41) is 11.6. The average Bonchev–Trinajstić information content (AvgIpc) is 2.37. The van der Waals surface area contributed by atoms with Crippen molar-refractivity contribution in [3.8, 4) is 0 Å². The fourth-order valence-corrected chi connectivity index (χ4v) is 1.55. The van der Waals surface area contributed by atoms with E-state index in [0.717, 1.165) is 0 Å². The minimum atomic E-state index is -0.627. The molecule has 0 saturated carbocycles. The molecular formula is C12H11N3O4. The van der Waals surface area contributed by atoms with Gasteiger partial charge in [0.05, 0.1) is 0 Å². The van der Waals surface area contributed by atoms with Crippen molar-refractivity contribution in [3.05, 3.63) is 56.7 Å². The molecule has 0 saturated heterocycles. The summed E-state index contributed by atoms with van der Waals surface area (Å²) in [5.74, 6) is -0.203. The van der Waals surface area contributed by atoms with E-state index in [1.165, 1.54) is 12.1 Å². The van der Waals surface area contributed by atoms with Crippen LogP contribution in [0.3, 0.4) is 0 Å². The summed E-state index contributed by atoms with van der Waals surface area (Å²) in [6, 6.07) is 7.54. The summed E-state index contributed by atoms with van der Waals surface area (Å²) in [5.41, 5.74) is -0.313. The van der Waals surface area contributed by atoms with Crippen molar-refractivity contribution in [2.75, 3.05) is 11.9 Å². The second-order valence-corrected chi connectivity index (χ2v) is 3.79. The highest BCUT2D eigenvalue weighted by molar-refractivity contribution is 5.97. The highest BCUT2D eigenvalue weighted by atomic mass is 16.3. The maximum atomic E-state index is 11.3. The molecule has 0 atom stereocenters. The number of ketones is 1. The molecule has 0 aliphatic rings. The molecule has 2 aromatic rings. The van der Waals surface area contributed by atoms with Gasteiger partial charge in [-0.15, -0.1) is 0 Å².